The number of thioether (sulfide) groups is 1. The third kappa shape index (κ3) is 34.7. The van der Waals surface area contributed by atoms with Gasteiger partial charge >= 0.3 is 39.2 Å². The Morgan fingerprint density at radius 1 is 0.768 bits per heavy atom. The van der Waals surface area contributed by atoms with Crippen molar-refractivity contribution in [1.29, 1.82) is 0 Å². The number of phosphoric ester groups is 2. The molecule has 1 aromatic rings. The third-order valence-corrected chi connectivity index (χ3v) is 15.9. The smallest absolute Gasteiger partial charge is 0.481 e. The van der Waals surface area contributed by atoms with E-state index in [1.165, 1.54) is 12.5 Å². The molecule has 2 unspecified atom stereocenters. The standard InChI is InChI=1S/C57H88N4O18P2S/c1-3-5-7-9-11-13-15-17-18-19-20-21-22-23-25-27-29-31-33-38-52(65)74-41-45(42-75-80(70,71)79-81(72,73)76-43-48-53(66)54(67)55(78-48)61-40-39-50(59)60-57(61)69)77-56(68)46(58)44-82-49(47(62)35-34-37-51(63)64)36-32-30-28-26-24-16-14-12-10-8-6-4-2/h5,7,11-14,17-18,20-21,23-26,28,30,32,36,39-40,45-49,53-55,62,66-67H,3-4,6,8-10,15-16,19,22,27,29,31,33-35,37-38,41-44,58H2,1-2H3,(H,63,64)(H,70,71)(H,72,73)(H2,59,60,69)/b7-5-,13-11-,14-12-,18-17-,21-20-,25-23-,26-24-,30-28+,36-32+/t45-,46+,47+,48-,49-,53-,54-,55-/m1/s1. The molecule has 0 bridgehead atoms. The number of nitrogen functional groups attached to an aromatic ring is 1. The van der Waals surface area contributed by atoms with E-state index in [1.54, 1.807) is 24.3 Å². The van der Waals surface area contributed by atoms with Crippen LogP contribution in [0, 0.1) is 0 Å². The number of ether oxygens (including phenoxy) is 3. The fourth-order valence-electron chi connectivity index (χ4n) is 7.41. The Labute approximate surface area is 486 Å². The highest BCUT2D eigenvalue weighted by Gasteiger charge is 2.46. The van der Waals surface area contributed by atoms with E-state index < -0.39 is 107 Å². The van der Waals surface area contributed by atoms with Crippen molar-refractivity contribution in [2.75, 3.05) is 31.3 Å². The van der Waals surface area contributed by atoms with Crippen molar-refractivity contribution in [3.8, 4) is 0 Å². The van der Waals surface area contributed by atoms with Crippen LogP contribution in [0.3, 0.4) is 0 Å². The highest BCUT2D eigenvalue weighted by molar-refractivity contribution is 8.00. The molecule has 10 atom stereocenters. The van der Waals surface area contributed by atoms with Crippen LogP contribution in [0.15, 0.2) is 126 Å². The number of aliphatic hydroxyl groups is 3. The maximum Gasteiger partial charge on any atom is 0.481 e. The number of allylic oxidation sites excluding steroid dienone is 17. The van der Waals surface area contributed by atoms with Crippen molar-refractivity contribution in [3.63, 3.8) is 0 Å². The lowest BCUT2D eigenvalue weighted by atomic mass is 10.1. The van der Waals surface area contributed by atoms with Crippen LogP contribution < -0.4 is 17.2 Å². The number of aliphatic carboxylic acids is 1. The quantitative estimate of drug-likeness (QED) is 0.00991. The average molecular weight is 1210 g/mol. The van der Waals surface area contributed by atoms with Crippen molar-refractivity contribution in [3.05, 3.63) is 132 Å². The van der Waals surface area contributed by atoms with Gasteiger partial charge in [-0.3, -0.25) is 28.0 Å². The van der Waals surface area contributed by atoms with Crippen molar-refractivity contribution in [1.82, 2.24) is 9.55 Å². The van der Waals surface area contributed by atoms with Crippen LogP contribution in [0.4, 0.5) is 5.82 Å². The number of nitrogens with two attached hydrogens (primary N) is 2. The Bertz CT molecular complexity index is 2440. The van der Waals surface area contributed by atoms with Gasteiger partial charge in [-0.2, -0.15) is 9.29 Å². The lowest BCUT2D eigenvalue weighted by molar-refractivity contribution is -0.161. The number of hydrogen-bond acceptors (Lipinski definition) is 19. The SMILES string of the molecule is CC/C=C\C/C=C\C/C=C\C/C=C\C/C=C\CCCCCC(=O)OC[C@H](COP(=O)(O)OP(=O)(O)OC[C@H]1O[C@@H](n2ccc(N)nc2=O)[C@H](O)[C@@H]1O)OC(=O)[C@@H](N)CS[C@H](/C=C/C=C/C=C\C/C=C\CCCCC)[C@@H](O)CCCC(=O)O. The van der Waals surface area contributed by atoms with Crippen molar-refractivity contribution in [2.24, 2.45) is 5.73 Å². The highest BCUT2D eigenvalue weighted by Crippen LogP contribution is 2.60. The molecule has 460 valence electrons. The van der Waals surface area contributed by atoms with Gasteiger partial charge in [-0.15, -0.1) is 11.8 Å². The summed E-state index contributed by atoms with van der Waals surface area (Å²) in [6.45, 7) is 1.49. The van der Waals surface area contributed by atoms with Crippen molar-refractivity contribution in [2.45, 2.75) is 177 Å². The van der Waals surface area contributed by atoms with Crippen LogP contribution in [-0.2, 0) is 51.1 Å². The Morgan fingerprint density at radius 2 is 1.37 bits per heavy atom. The van der Waals surface area contributed by atoms with E-state index in [9.17, 15) is 53.4 Å². The average Bonchev–Trinajstić information content (AvgIpc) is 3.87. The Morgan fingerprint density at radius 3 is 1.99 bits per heavy atom. The van der Waals surface area contributed by atoms with Crippen LogP contribution in [0.5, 0.6) is 0 Å². The summed E-state index contributed by atoms with van der Waals surface area (Å²) in [4.78, 5) is 74.2. The van der Waals surface area contributed by atoms with E-state index in [-0.39, 0.29) is 37.3 Å². The molecule has 10 N–H and O–H groups in total. The second-order valence-corrected chi connectivity index (χ2v) is 23.2. The van der Waals surface area contributed by atoms with Crippen LogP contribution in [0.25, 0.3) is 0 Å². The molecule has 0 aromatic carbocycles. The summed E-state index contributed by atoms with van der Waals surface area (Å²) in [5.41, 5.74) is 10.8. The molecular formula is C57H88N4O18P2S. The number of unbranched alkanes of at least 4 members (excludes halogenated alkanes) is 6. The zero-order valence-electron chi connectivity index (χ0n) is 47.2. The molecule has 1 fully saturated rings. The molecule has 1 aliphatic rings. The van der Waals surface area contributed by atoms with Gasteiger partial charge in [0.15, 0.2) is 12.3 Å². The van der Waals surface area contributed by atoms with Gasteiger partial charge in [-0.05, 0) is 89.5 Å². The molecule has 25 heteroatoms. The fraction of sp³-hybridized carbons (Fsp3) is 0.561. The van der Waals surface area contributed by atoms with E-state index in [2.05, 4.69) is 96.1 Å². The summed E-state index contributed by atoms with van der Waals surface area (Å²) in [6.07, 6.45) is 40.7. The zero-order valence-corrected chi connectivity index (χ0v) is 49.8. The summed E-state index contributed by atoms with van der Waals surface area (Å²) < 4.78 is 57.1. The molecule has 0 amide bonds. The number of nitrogens with zero attached hydrogens (tertiary/aromatic N) is 2. The summed E-state index contributed by atoms with van der Waals surface area (Å²) in [5, 5.41) is 40.5. The Kier molecular flexibility index (Phi) is 39.1. The Hall–Kier alpha value is -4.84. The minimum Gasteiger partial charge on any atom is -0.481 e. The molecule has 0 aliphatic carbocycles. The number of hydrogen-bond donors (Lipinski definition) is 8. The summed E-state index contributed by atoms with van der Waals surface area (Å²) in [7, 11) is -11.2. The minimum absolute atomic E-state index is 0.0213. The molecule has 82 heavy (non-hydrogen) atoms. The fourth-order valence-corrected chi connectivity index (χ4v) is 10.6. The van der Waals surface area contributed by atoms with Gasteiger partial charge in [0.05, 0.1) is 19.3 Å². The van der Waals surface area contributed by atoms with Crippen LogP contribution in [0.2, 0.25) is 0 Å². The van der Waals surface area contributed by atoms with E-state index in [4.69, 9.17) is 39.8 Å². The first-order valence-corrected chi connectivity index (χ1v) is 31.9. The number of rotatable bonds is 45. The van der Waals surface area contributed by atoms with Gasteiger partial charge in [0.1, 0.15) is 36.8 Å². The molecule has 1 saturated heterocycles. The summed E-state index contributed by atoms with van der Waals surface area (Å²) in [6, 6.07) is -0.179. The predicted molar refractivity (Wildman–Crippen MR) is 317 cm³/mol. The molecular weight excluding hydrogens is 1120 g/mol. The normalized spacial score (nSPS) is 20.1. The van der Waals surface area contributed by atoms with E-state index in [0.717, 1.165) is 93.2 Å². The number of esters is 2. The van der Waals surface area contributed by atoms with E-state index in [1.807, 2.05) is 12.2 Å². The van der Waals surface area contributed by atoms with Gasteiger partial charge in [0.2, 0.25) is 0 Å². The van der Waals surface area contributed by atoms with Gasteiger partial charge < -0.3 is 55.9 Å². The minimum atomic E-state index is -5.60. The van der Waals surface area contributed by atoms with Gasteiger partial charge in [-0.25, -0.2) is 13.9 Å². The van der Waals surface area contributed by atoms with Crippen molar-refractivity contribution >= 4 is 51.1 Å². The predicted octanol–water partition coefficient (Wildman–Crippen LogP) is 9.09. The van der Waals surface area contributed by atoms with Gasteiger partial charge in [-0.1, -0.05) is 142 Å². The highest BCUT2D eigenvalue weighted by atomic mass is 32.2. The topological polar surface area (TPSA) is 349 Å². The molecule has 0 saturated carbocycles. The molecule has 2 heterocycles. The molecule has 2 rings (SSSR count). The van der Waals surface area contributed by atoms with Gasteiger partial charge in [0.25, 0.3) is 0 Å². The van der Waals surface area contributed by atoms with Crippen molar-refractivity contribution < 1.29 is 81.3 Å². The number of phosphoric acid groups is 2. The first-order chi connectivity index (χ1) is 39.3. The lowest BCUT2D eigenvalue weighted by Crippen LogP contribution is -2.40. The maximum absolute atomic E-state index is 13.4. The lowest BCUT2D eigenvalue weighted by Gasteiger charge is -2.23. The zero-order chi connectivity index (χ0) is 60.4. The number of anilines is 1. The number of carboxylic acid groups (broad SMARTS) is 1. The summed E-state index contributed by atoms with van der Waals surface area (Å²) >= 11 is 1.08. The number of carboxylic acids is 1. The maximum atomic E-state index is 13.4. The molecule has 0 spiro atoms. The second kappa shape index (κ2) is 43.8. The molecule has 1 aromatic heterocycles. The number of aliphatic hydroxyl groups excluding tert-OH is 3. The van der Waals surface area contributed by atoms with E-state index in [0.29, 0.717) is 12.8 Å². The largest absolute Gasteiger partial charge is 0.481 e. The first kappa shape index (κ1) is 73.3. The third-order valence-electron chi connectivity index (χ3n) is 11.8. The second-order valence-electron chi connectivity index (χ2n) is 18.9. The number of carbonyl (C=O) groups is 3. The number of aromatic nitrogens is 2. The van der Waals surface area contributed by atoms with Gasteiger partial charge in [0, 0.05) is 30.0 Å². The van der Waals surface area contributed by atoms with Crippen LogP contribution in [-0.4, -0.2) is 125 Å². The molecule has 22 nitrogen and oxygen atoms in total. The van der Waals surface area contributed by atoms with Crippen LogP contribution >= 0.6 is 27.4 Å². The summed E-state index contributed by atoms with van der Waals surface area (Å²) in [5.74, 6) is -3.09. The van der Waals surface area contributed by atoms with E-state index >= 15 is 0 Å². The molecule has 0 radical (unpaired) electrons. The van der Waals surface area contributed by atoms with Crippen LogP contribution in [0.1, 0.15) is 136 Å². The monoisotopic (exact) mass is 1210 g/mol. The molecule has 1 aliphatic heterocycles. The first-order valence-electron chi connectivity index (χ1n) is 27.8. The Balaban J connectivity index is 2.06. The number of carbonyl (C=O) groups excluding carboxylic acids is 2.